The van der Waals surface area contributed by atoms with Gasteiger partial charge in [-0.2, -0.15) is 9.78 Å². The van der Waals surface area contributed by atoms with Crippen LogP contribution in [0, 0.1) is 10.1 Å². The molecule has 214 valence electrons. The van der Waals surface area contributed by atoms with Gasteiger partial charge in [0.2, 0.25) is 11.6 Å². The second-order valence-corrected chi connectivity index (χ2v) is 8.95. The maximum atomic E-state index is 13.6. The minimum absolute atomic E-state index is 0.0603. The summed E-state index contributed by atoms with van der Waals surface area (Å²) in [5.41, 5.74) is 0.0565. The van der Waals surface area contributed by atoms with Gasteiger partial charge in [-0.1, -0.05) is 18.2 Å². The van der Waals surface area contributed by atoms with Gasteiger partial charge in [-0.15, -0.1) is 0 Å². The molecule has 5 rings (SSSR count). The SMILES string of the molecule is CCOc1cc(C=Nn2c(-c3cc4c(OC)cccc4o3)nc3ccccc3c2=O)cc([N+](=O)[O-])c1O[C@H](C)C(=O)O. The molecular formula is C29H24N4O9. The number of carbonyl (C=O) groups is 1. The summed E-state index contributed by atoms with van der Waals surface area (Å²) >= 11 is 0. The van der Waals surface area contributed by atoms with Gasteiger partial charge in [0, 0.05) is 11.6 Å². The highest BCUT2D eigenvalue weighted by Crippen LogP contribution is 2.39. The zero-order chi connectivity index (χ0) is 30.0. The Balaban J connectivity index is 1.68. The Morgan fingerprint density at radius 2 is 1.95 bits per heavy atom. The lowest BCUT2D eigenvalue weighted by Crippen LogP contribution is -2.23. The summed E-state index contributed by atoms with van der Waals surface area (Å²) < 4.78 is 23.4. The van der Waals surface area contributed by atoms with Gasteiger partial charge < -0.3 is 23.7 Å². The number of furan rings is 1. The molecule has 0 aliphatic rings. The van der Waals surface area contributed by atoms with Crippen LogP contribution in [0.2, 0.25) is 0 Å². The molecule has 2 aromatic heterocycles. The molecule has 2 heterocycles. The van der Waals surface area contributed by atoms with Crippen molar-refractivity contribution in [1.82, 2.24) is 9.66 Å². The number of fused-ring (bicyclic) bond motifs is 2. The van der Waals surface area contributed by atoms with E-state index in [0.717, 1.165) is 10.7 Å². The van der Waals surface area contributed by atoms with E-state index in [1.54, 1.807) is 55.5 Å². The van der Waals surface area contributed by atoms with E-state index in [4.69, 9.17) is 18.6 Å². The fraction of sp³-hybridized carbons (Fsp3) is 0.172. The van der Waals surface area contributed by atoms with Gasteiger partial charge in [0.15, 0.2) is 17.6 Å². The Morgan fingerprint density at radius 3 is 2.67 bits per heavy atom. The topological polar surface area (TPSA) is 169 Å². The quantitative estimate of drug-likeness (QED) is 0.139. The summed E-state index contributed by atoms with van der Waals surface area (Å²) in [6.07, 6.45) is -0.153. The average Bonchev–Trinajstić information content (AvgIpc) is 3.42. The van der Waals surface area contributed by atoms with Gasteiger partial charge >= 0.3 is 11.7 Å². The van der Waals surface area contributed by atoms with Crippen molar-refractivity contribution in [3.8, 4) is 28.8 Å². The number of nitro groups is 1. The summed E-state index contributed by atoms with van der Waals surface area (Å²) in [4.78, 5) is 40.8. The third-order valence-corrected chi connectivity index (χ3v) is 6.23. The van der Waals surface area contributed by atoms with Crippen molar-refractivity contribution >= 4 is 39.7 Å². The lowest BCUT2D eigenvalue weighted by Gasteiger charge is -2.15. The number of ether oxygens (including phenoxy) is 3. The van der Waals surface area contributed by atoms with Crippen molar-refractivity contribution in [3.63, 3.8) is 0 Å². The van der Waals surface area contributed by atoms with Crippen LogP contribution in [0.4, 0.5) is 5.69 Å². The van der Waals surface area contributed by atoms with Crippen LogP contribution in [0.3, 0.4) is 0 Å². The summed E-state index contributed by atoms with van der Waals surface area (Å²) in [7, 11) is 1.53. The fourth-order valence-corrected chi connectivity index (χ4v) is 4.26. The van der Waals surface area contributed by atoms with Crippen LogP contribution in [-0.2, 0) is 4.79 Å². The molecule has 0 spiro atoms. The first-order valence-corrected chi connectivity index (χ1v) is 12.7. The van der Waals surface area contributed by atoms with Crippen molar-refractivity contribution in [2.24, 2.45) is 5.10 Å². The molecule has 0 unspecified atom stereocenters. The minimum Gasteiger partial charge on any atom is -0.496 e. The largest absolute Gasteiger partial charge is 0.496 e. The average molecular weight is 573 g/mol. The van der Waals surface area contributed by atoms with E-state index in [1.165, 1.54) is 26.3 Å². The Bertz CT molecular complexity index is 1930. The third-order valence-electron chi connectivity index (χ3n) is 6.23. The van der Waals surface area contributed by atoms with Crippen molar-refractivity contribution in [3.05, 3.63) is 86.7 Å². The number of benzene rings is 3. The number of nitrogens with zero attached hydrogens (tertiary/aromatic N) is 4. The maximum Gasteiger partial charge on any atom is 0.344 e. The number of aromatic nitrogens is 2. The highest BCUT2D eigenvalue weighted by molar-refractivity contribution is 5.89. The van der Waals surface area contributed by atoms with Crippen LogP contribution < -0.4 is 19.8 Å². The van der Waals surface area contributed by atoms with E-state index in [0.29, 0.717) is 27.6 Å². The molecule has 0 saturated carbocycles. The lowest BCUT2D eigenvalue weighted by molar-refractivity contribution is -0.386. The monoisotopic (exact) mass is 572 g/mol. The molecule has 0 saturated heterocycles. The third kappa shape index (κ3) is 5.22. The predicted molar refractivity (Wildman–Crippen MR) is 153 cm³/mol. The highest BCUT2D eigenvalue weighted by Gasteiger charge is 2.26. The fourth-order valence-electron chi connectivity index (χ4n) is 4.26. The van der Waals surface area contributed by atoms with E-state index in [9.17, 15) is 24.8 Å². The van der Waals surface area contributed by atoms with Gasteiger partial charge in [0.05, 0.1) is 41.1 Å². The van der Waals surface area contributed by atoms with E-state index >= 15 is 0 Å². The number of nitro benzene ring substituents is 1. The van der Waals surface area contributed by atoms with E-state index in [2.05, 4.69) is 10.1 Å². The van der Waals surface area contributed by atoms with Crippen LogP contribution >= 0.6 is 0 Å². The second-order valence-electron chi connectivity index (χ2n) is 8.95. The summed E-state index contributed by atoms with van der Waals surface area (Å²) in [6, 6.07) is 16.2. The minimum atomic E-state index is -1.38. The number of para-hydroxylation sites is 1. The Hall–Kier alpha value is -5.72. The summed E-state index contributed by atoms with van der Waals surface area (Å²) in [6.45, 7) is 3.01. The van der Waals surface area contributed by atoms with E-state index in [-0.39, 0.29) is 35.3 Å². The van der Waals surface area contributed by atoms with Crippen LogP contribution in [0.1, 0.15) is 19.4 Å². The standard InChI is InChI=1S/C29H24N4O9/c1-4-40-24-13-17(12-21(33(37)38)26(24)41-16(2)29(35)36)15-30-32-27(31-20-9-6-5-8-18(20)28(32)34)25-14-19-22(39-3)10-7-11-23(19)42-25/h5-16H,4H2,1-3H3,(H,35,36)/t16-/m1/s1. The number of carboxylic acid groups (broad SMARTS) is 1. The molecule has 1 N–H and O–H groups in total. The van der Waals surface area contributed by atoms with Gasteiger partial charge in [-0.3, -0.25) is 14.9 Å². The van der Waals surface area contributed by atoms with E-state index in [1.807, 2.05) is 0 Å². The van der Waals surface area contributed by atoms with Gasteiger partial charge in [0.25, 0.3) is 5.56 Å². The molecule has 42 heavy (non-hydrogen) atoms. The van der Waals surface area contributed by atoms with Crippen LogP contribution in [-0.4, -0.2) is 51.7 Å². The molecule has 0 fully saturated rings. The van der Waals surface area contributed by atoms with Crippen molar-refractivity contribution in [2.75, 3.05) is 13.7 Å². The molecule has 5 aromatic rings. The number of hydrogen-bond donors (Lipinski definition) is 1. The van der Waals surface area contributed by atoms with Crippen molar-refractivity contribution < 1.29 is 33.5 Å². The molecule has 13 nitrogen and oxygen atoms in total. The molecule has 1 atom stereocenters. The highest BCUT2D eigenvalue weighted by atomic mass is 16.6. The lowest BCUT2D eigenvalue weighted by atomic mass is 10.1. The normalized spacial score (nSPS) is 12.1. The van der Waals surface area contributed by atoms with Gasteiger partial charge in [0.1, 0.15) is 11.3 Å². The first-order valence-electron chi connectivity index (χ1n) is 12.7. The Labute approximate surface area is 237 Å². The van der Waals surface area contributed by atoms with Gasteiger partial charge in [-0.05, 0) is 50.2 Å². The molecular weight excluding hydrogens is 548 g/mol. The van der Waals surface area contributed by atoms with Crippen molar-refractivity contribution in [2.45, 2.75) is 20.0 Å². The van der Waals surface area contributed by atoms with Gasteiger partial charge in [-0.25, -0.2) is 9.78 Å². The first kappa shape index (κ1) is 27.8. The molecule has 13 heteroatoms. The Kier molecular flexibility index (Phi) is 7.56. The van der Waals surface area contributed by atoms with E-state index < -0.39 is 28.2 Å². The Morgan fingerprint density at radius 1 is 1.17 bits per heavy atom. The zero-order valence-corrected chi connectivity index (χ0v) is 22.6. The second kappa shape index (κ2) is 11.4. The molecule has 0 bridgehead atoms. The molecule has 0 radical (unpaired) electrons. The number of rotatable bonds is 10. The molecule has 0 amide bonds. The number of aliphatic carboxylic acids is 1. The number of carboxylic acids is 1. The predicted octanol–water partition coefficient (Wildman–Crippen LogP) is 4.86. The molecule has 3 aromatic carbocycles. The zero-order valence-electron chi connectivity index (χ0n) is 22.6. The molecule has 0 aliphatic heterocycles. The summed E-state index contributed by atoms with van der Waals surface area (Å²) in [5, 5.41) is 26.5. The molecule has 0 aliphatic carbocycles. The summed E-state index contributed by atoms with van der Waals surface area (Å²) in [5.74, 6) is -0.817. The van der Waals surface area contributed by atoms with Crippen LogP contribution in [0.15, 0.2) is 75.0 Å². The van der Waals surface area contributed by atoms with Crippen molar-refractivity contribution in [1.29, 1.82) is 0 Å². The maximum absolute atomic E-state index is 13.6. The number of methoxy groups -OCH3 is 1. The smallest absolute Gasteiger partial charge is 0.344 e. The number of hydrogen-bond acceptors (Lipinski definition) is 10. The first-order chi connectivity index (χ1) is 20.2. The van der Waals surface area contributed by atoms with Crippen LogP contribution in [0.5, 0.6) is 17.2 Å². The van der Waals surface area contributed by atoms with Crippen LogP contribution in [0.25, 0.3) is 33.5 Å².